The number of nitro groups is 1. The van der Waals surface area contributed by atoms with Gasteiger partial charge >= 0.3 is 0 Å². The molecule has 33 heavy (non-hydrogen) atoms. The molecule has 2 aromatic carbocycles. The average Bonchev–Trinajstić information content (AvgIpc) is 2.85. The molecule has 1 aliphatic heterocycles. The maximum Gasteiger partial charge on any atom is 0.269 e. The van der Waals surface area contributed by atoms with Gasteiger partial charge in [-0.25, -0.2) is 0 Å². The molecule has 1 saturated heterocycles. The fraction of sp³-hybridized carbons (Fsp3) is 0.360. The van der Waals surface area contributed by atoms with Crippen molar-refractivity contribution in [3.8, 4) is 5.75 Å². The van der Waals surface area contributed by atoms with Crippen LogP contribution in [0.3, 0.4) is 0 Å². The van der Waals surface area contributed by atoms with E-state index < -0.39 is 10.3 Å². The van der Waals surface area contributed by atoms with Crippen molar-refractivity contribution in [2.75, 3.05) is 25.1 Å². The molecular formula is C25H27N3O5. The summed E-state index contributed by atoms with van der Waals surface area (Å²) in [6, 6.07) is 13.7. The number of benzene rings is 2. The SMILES string of the molecule is CCCCOc1ccc(NC(=O)C2(c3ccc([N+](=O)[O-])cc3)CCOCC2)c2cccnc12. The van der Waals surface area contributed by atoms with Crippen LogP contribution in [0.15, 0.2) is 54.7 Å². The number of carbonyl (C=O) groups excluding carboxylic acids is 1. The Morgan fingerprint density at radius 2 is 1.94 bits per heavy atom. The number of ether oxygens (including phenoxy) is 2. The number of nitrogens with zero attached hydrogens (tertiary/aromatic N) is 2. The molecule has 0 aliphatic carbocycles. The number of pyridine rings is 1. The second-order valence-corrected chi connectivity index (χ2v) is 8.17. The highest BCUT2D eigenvalue weighted by Gasteiger charge is 2.42. The van der Waals surface area contributed by atoms with Crippen molar-refractivity contribution in [1.29, 1.82) is 0 Å². The van der Waals surface area contributed by atoms with Crippen LogP contribution in [0.1, 0.15) is 38.2 Å². The molecule has 3 aromatic rings. The van der Waals surface area contributed by atoms with Crippen molar-refractivity contribution in [2.45, 2.75) is 38.0 Å². The van der Waals surface area contributed by atoms with Gasteiger partial charge in [-0.3, -0.25) is 19.9 Å². The Kier molecular flexibility index (Phi) is 6.84. The molecule has 172 valence electrons. The lowest BCUT2D eigenvalue weighted by atomic mass is 9.73. The van der Waals surface area contributed by atoms with Gasteiger partial charge in [-0.1, -0.05) is 25.5 Å². The molecule has 1 fully saturated rings. The number of nitro benzene ring substituents is 1. The van der Waals surface area contributed by atoms with Gasteiger partial charge in [0, 0.05) is 36.9 Å². The van der Waals surface area contributed by atoms with Gasteiger partial charge < -0.3 is 14.8 Å². The second kappa shape index (κ2) is 9.95. The first-order valence-corrected chi connectivity index (χ1v) is 11.2. The van der Waals surface area contributed by atoms with Crippen LogP contribution in [0.25, 0.3) is 10.9 Å². The predicted octanol–water partition coefficient (Wildman–Crippen LogP) is 5.01. The van der Waals surface area contributed by atoms with Crippen LogP contribution >= 0.6 is 0 Å². The summed E-state index contributed by atoms with van der Waals surface area (Å²) in [5.74, 6) is 0.526. The third kappa shape index (κ3) is 4.66. The number of nitrogens with one attached hydrogen (secondary N) is 1. The molecule has 0 atom stereocenters. The molecule has 8 heteroatoms. The summed E-state index contributed by atoms with van der Waals surface area (Å²) in [7, 11) is 0. The Morgan fingerprint density at radius 1 is 1.18 bits per heavy atom. The summed E-state index contributed by atoms with van der Waals surface area (Å²) in [5, 5.41) is 15.0. The van der Waals surface area contributed by atoms with Crippen molar-refractivity contribution < 1.29 is 19.2 Å². The van der Waals surface area contributed by atoms with Gasteiger partial charge in [-0.2, -0.15) is 0 Å². The second-order valence-electron chi connectivity index (χ2n) is 8.17. The number of carbonyl (C=O) groups is 1. The number of hydrogen-bond acceptors (Lipinski definition) is 6. The molecular weight excluding hydrogens is 422 g/mol. The number of aromatic nitrogens is 1. The summed E-state index contributed by atoms with van der Waals surface area (Å²) in [6.45, 7) is 3.60. The molecule has 0 unspecified atom stereocenters. The molecule has 2 heterocycles. The van der Waals surface area contributed by atoms with E-state index in [1.165, 1.54) is 12.1 Å². The van der Waals surface area contributed by atoms with Crippen LogP contribution in [0.2, 0.25) is 0 Å². The standard InChI is InChI=1S/C25H27N3O5/c1-2-3-15-33-22-11-10-21(20-5-4-14-26-23(20)22)27-24(29)25(12-16-32-17-13-25)18-6-8-19(9-7-18)28(30)31/h4-11,14H,2-3,12-13,15-17H2,1H3,(H,27,29). The lowest BCUT2D eigenvalue weighted by Gasteiger charge is -2.36. The van der Waals surface area contributed by atoms with Crippen molar-refractivity contribution in [3.63, 3.8) is 0 Å². The van der Waals surface area contributed by atoms with Crippen LogP contribution < -0.4 is 10.1 Å². The first kappa shape index (κ1) is 22.7. The van der Waals surface area contributed by atoms with Gasteiger partial charge in [0.2, 0.25) is 5.91 Å². The van der Waals surface area contributed by atoms with Crippen LogP contribution in [0, 0.1) is 10.1 Å². The maximum absolute atomic E-state index is 13.7. The van der Waals surface area contributed by atoms with Gasteiger partial charge in [0.1, 0.15) is 11.3 Å². The molecule has 4 rings (SSSR count). The Hall–Kier alpha value is -3.52. The van der Waals surface area contributed by atoms with Crippen LogP contribution in [-0.2, 0) is 14.9 Å². The average molecular weight is 450 g/mol. The van der Waals surface area contributed by atoms with E-state index in [4.69, 9.17) is 9.47 Å². The van der Waals surface area contributed by atoms with E-state index in [0.29, 0.717) is 49.6 Å². The Balaban J connectivity index is 1.66. The van der Waals surface area contributed by atoms with Crippen LogP contribution in [0.5, 0.6) is 5.75 Å². The van der Waals surface area contributed by atoms with E-state index in [2.05, 4.69) is 17.2 Å². The molecule has 0 spiro atoms. The molecule has 0 bridgehead atoms. The Bertz CT molecular complexity index is 1140. The number of anilines is 1. The third-order valence-electron chi connectivity index (χ3n) is 6.15. The summed E-state index contributed by atoms with van der Waals surface area (Å²) >= 11 is 0. The zero-order valence-electron chi connectivity index (χ0n) is 18.6. The van der Waals surface area contributed by atoms with Crippen LogP contribution in [-0.4, -0.2) is 35.6 Å². The van der Waals surface area contributed by atoms with Gasteiger partial charge in [0.15, 0.2) is 0 Å². The number of hydrogen-bond donors (Lipinski definition) is 1. The smallest absolute Gasteiger partial charge is 0.269 e. The maximum atomic E-state index is 13.7. The lowest BCUT2D eigenvalue weighted by Crippen LogP contribution is -2.44. The van der Waals surface area contributed by atoms with Crippen LogP contribution in [0.4, 0.5) is 11.4 Å². The van der Waals surface area contributed by atoms with Crippen molar-refractivity contribution in [1.82, 2.24) is 4.98 Å². The van der Waals surface area contributed by atoms with Gasteiger partial charge in [0.25, 0.3) is 5.69 Å². The minimum Gasteiger partial charge on any atom is -0.491 e. The number of unbranched alkanes of at least 4 members (excludes halogenated alkanes) is 1. The third-order valence-corrected chi connectivity index (χ3v) is 6.15. The van der Waals surface area contributed by atoms with E-state index in [9.17, 15) is 14.9 Å². The first-order valence-electron chi connectivity index (χ1n) is 11.2. The number of amides is 1. The lowest BCUT2D eigenvalue weighted by molar-refractivity contribution is -0.384. The summed E-state index contributed by atoms with van der Waals surface area (Å²) in [5.41, 5.74) is 1.26. The van der Waals surface area contributed by atoms with E-state index in [0.717, 1.165) is 23.8 Å². The van der Waals surface area contributed by atoms with E-state index in [1.807, 2.05) is 24.3 Å². The predicted molar refractivity (Wildman–Crippen MR) is 126 cm³/mol. The van der Waals surface area contributed by atoms with E-state index in [-0.39, 0.29) is 11.6 Å². The van der Waals surface area contributed by atoms with E-state index in [1.54, 1.807) is 18.3 Å². The highest BCUT2D eigenvalue weighted by Crippen LogP contribution is 2.38. The number of non-ortho nitro benzene ring substituents is 1. The molecule has 1 aliphatic rings. The van der Waals surface area contributed by atoms with Gasteiger partial charge in [-0.15, -0.1) is 0 Å². The zero-order chi connectivity index (χ0) is 23.3. The first-order chi connectivity index (χ1) is 16.0. The topological polar surface area (TPSA) is 104 Å². The fourth-order valence-corrected chi connectivity index (χ4v) is 4.21. The molecule has 1 aromatic heterocycles. The normalized spacial score (nSPS) is 15.2. The molecule has 0 radical (unpaired) electrons. The molecule has 1 N–H and O–H groups in total. The Morgan fingerprint density at radius 3 is 2.64 bits per heavy atom. The quantitative estimate of drug-likeness (QED) is 0.295. The van der Waals surface area contributed by atoms with Crippen molar-refractivity contribution in [2.24, 2.45) is 0 Å². The molecule has 1 amide bonds. The highest BCUT2D eigenvalue weighted by molar-refractivity contribution is 6.06. The highest BCUT2D eigenvalue weighted by atomic mass is 16.6. The summed E-state index contributed by atoms with van der Waals surface area (Å²) < 4.78 is 11.4. The summed E-state index contributed by atoms with van der Waals surface area (Å²) in [6.07, 6.45) is 4.67. The summed E-state index contributed by atoms with van der Waals surface area (Å²) in [4.78, 5) is 28.8. The largest absolute Gasteiger partial charge is 0.491 e. The Labute approximate surface area is 192 Å². The minimum atomic E-state index is -0.835. The van der Waals surface area contributed by atoms with Crippen molar-refractivity contribution in [3.05, 3.63) is 70.4 Å². The molecule has 0 saturated carbocycles. The van der Waals surface area contributed by atoms with Crippen molar-refractivity contribution >= 4 is 28.2 Å². The number of fused-ring (bicyclic) bond motifs is 1. The van der Waals surface area contributed by atoms with Gasteiger partial charge in [-0.05, 0) is 49.1 Å². The fourth-order valence-electron chi connectivity index (χ4n) is 4.21. The monoisotopic (exact) mass is 449 g/mol. The minimum absolute atomic E-state index is 0.00269. The number of rotatable bonds is 8. The zero-order valence-corrected chi connectivity index (χ0v) is 18.6. The van der Waals surface area contributed by atoms with Gasteiger partial charge in [0.05, 0.1) is 22.6 Å². The van der Waals surface area contributed by atoms with E-state index >= 15 is 0 Å². The molecule has 8 nitrogen and oxygen atoms in total.